The van der Waals surface area contributed by atoms with Gasteiger partial charge in [-0.15, -0.1) is 0 Å². The average Bonchev–Trinajstić information content (AvgIpc) is 2.25. The van der Waals surface area contributed by atoms with Crippen LogP contribution in [0.2, 0.25) is 0 Å². The summed E-state index contributed by atoms with van der Waals surface area (Å²) in [5, 5.41) is 6.85. The summed E-state index contributed by atoms with van der Waals surface area (Å²) < 4.78 is 4.97. The Morgan fingerprint density at radius 3 is 2.12 bits per heavy atom. The molecule has 0 saturated carbocycles. The van der Waals surface area contributed by atoms with E-state index in [1.165, 1.54) is 12.8 Å². The molecule has 0 aromatic carbocycles. The van der Waals surface area contributed by atoms with Crippen LogP contribution < -0.4 is 10.6 Å². The minimum atomic E-state index is 0.434. The van der Waals surface area contributed by atoms with Gasteiger partial charge in [0, 0.05) is 13.7 Å². The summed E-state index contributed by atoms with van der Waals surface area (Å²) in [6.45, 7) is 14.4. The molecule has 2 N–H and O–H groups in total. The zero-order chi connectivity index (χ0) is 13.1. The molecule has 0 bridgehead atoms. The molecule has 0 aliphatic rings. The molecule has 1 unspecified atom stereocenters. The van der Waals surface area contributed by atoms with Crippen LogP contribution in [-0.2, 0) is 4.74 Å². The van der Waals surface area contributed by atoms with Gasteiger partial charge in [0.1, 0.15) is 0 Å². The minimum Gasteiger partial charge on any atom is -0.383 e. The molecule has 0 aliphatic heterocycles. The van der Waals surface area contributed by atoms with Gasteiger partial charge in [-0.3, -0.25) is 0 Å². The van der Waals surface area contributed by atoms with Crippen LogP contribution in [0.5, 0.6) is 0 Å². The summed E-state index contributed by atoms with van der Waals surface area (Å²) in [7, 11) is 1.74. The Balaban J connectivity index is 3.19. The van der Waals surface area contributed by atoms with Gasteiger partial charge >= 0.3 is 0 Å². The van der Waals surface area contributed by atoms with Gasteiger partial charge in [-0.05, 0) is 43.8 Å². The van der Waals surface area contributed by atoms with E-state index < -0.39 is 0 Å². The molecule has 1 atom stereocenters. The Labute approximate surface area is 108 Å². The Bertz CT molecular complexity index is 166. The Hall–Kier alpha value is -0.120. The molecule has 0 aliphatic carbocycles. The van der Waals surface area contributed by atoms with Crippen LogP contribution in [0, 0.1) is 11.3 Å². The van der Waals surface area contributed by atoms with Crippen LogP contribution in [0.1, 0.15) is 40.5 Å². The summed E-state index contributed by atoms with van der Waals surface area (Å²) >= 11 is 0. The van der Waals surface area contributed by atoms with E-state index in [4.69, 9.17) is 4.74 Å². The second-order valence-electron chi connectivity index (χ2n) is 5.90. The fraction of sp³-hybridized carbons (Fsp3) is 1.00. The van der Waals surface area contributed by atoms with Crippen molar-refractivity contribution < 1.29 is 4.74 Å². The lowest BCUT2D eigenvalue weighted by atomic mass is 9.80. The highest BCUT2D eigenvalue weighted by atomic mass is 16.5. The van der Waals surface area contributed by atoms with Gasteiger partial charge in [-0.1, -0.05) is 27.7 Å². The van der Waals surface area contributed by atoms with Gasteiger partial charge in [-0.2, -0.15) is 0 Å². The van der Waals surface area contributed by atoms with Crippen LogP contribution in [0.15, 0.2) is 0 Å². The highest BCUT2D eigenvalue weighted by Crippen LogP contribution is 2.27. The van der Waals surface area contributed by atoms with Crippen molar-refractivity contribution in [2.75, 3.05) is 39.9 Å². The molecule has 0 radical (unpaired) electrons. The second-order valence-corrected chi connectivity index (χ2v) is 5.90. The minimum absolute atomic E-state index is 0.434. The van der Waals surface area contributed by atoms with Crippen LogP contribution in [-0.4, -0.2) is 39.9 Å². The molecule has 0 rings (SSSR count). The van der Waals surface area contributed by atoms with Gasteiger partial charge in [0.05, 0.1) is 6.61 Å². The first-order valence-corrected chi connectivity index (χ1v) is 6.89. The molecule has 0 spiro atoms. The molecule has 3 nitrogen and oxygen atoms in total. The molecular formula is C14H32N2O. The van der Waals surface area contributed by atoms with Gasteiger partial charge in [0.2, 0.25) is 0 Å². The van der Waals surface area contributed by atoms with Crippen molar-refractivity contribution in [1.82, 2.24) is 10.6 Å². The van der Waals surface area contributed by atoms with Crippen molar-refractivity contribution in [3.8, 4) is 0 Å². The lowest BCUT2D eigenvalue weighted by Gasteiger charge is -2.27. The largest absolute Gasteiger partial charge is 0.383 e. The molecular weight excluding hydrogens is 212 g/mol. The van der Waals surface area contributed by atoms with E-state index in [2.05, 4.69) is 38.3 Å². The van der Waals surface area contributed by atoms with Crippen molar-refractivity contribution in [1.29, 1.82) is 0 Å². The SMILES string of the molecule is COCCNCCCNCCC(C)C(C)(C)C. The van der Waals surface area contributed by atoms with Crippen molar-refractivity contribution in [2.24, 2.45) is 11.3 Å². The summed E-state index contributed by atoms with van der Waals surface area (Å²) in [5.74, 6) is 0.773. The Kier molecular flexibility index (Phi) is 9.79. The van der Waals surface area contributed by atoms with Crippen molar-refractivity contribution >= 4 is 0 Å². The summed E-state index contributed by atoms with van der Waals surface area (Å²) in [5.41, 5.74) is 0.434. The third kappa shape index (κ3) is 10.7. The van der Waals surface area contributed by atoms with Gasteiger partial charge in [-0.25, -0.2) is 0 Å². The number of ether oxygens (including phenoxy) is 1. The van der Waals surface area contributed by atoms with Crippen molar-refractivity contribution in [2.45, 2.75) is 40.5 Å². The molecule has 0 amide bonds. The van der Waals surface area contributed by atoms with Crippen molar-refractivity contribution in [3.63, 3.8) is 0 Å². The topological polar surface area (TPSA) is 33.3 Å². The fourth-order valence-corrected chi connectivity index (χ4v) is 1.51. The number of hydrogen-bond acceptors (Lipinski definition) is 3. The van der Waals surface area contributed by atoms with Crippen LogP contribution in [0.25, 0.3) is 0 Å². The first kappa shape index (κ1) is 16.9. The van der Waals surface area contributed by atoms with Gasteiger partial charge < -0.3 is 15.4 Å². The normalized spacial score (nSPS) is 13.9. The molecule has 0 aromatic rings. The average molecular weight is 244 g/mol. The molecule has 17 heavy (non-hydrogen) atoms. The van der Waals surface area contributed by atoms with Crippen LogP contribution in [0.3, 0.4) is 0 Å². The Morgan fingerprint density at radius 1 is 1.00 bits per heavy atom. The van der Waals surface area contributed by atoms with Crippen molar-refractivity contribution in [3.05, 3.63) is 0 Å². The maximum atomic E-state index is 4.97. The zero-order valence-corrected chi connectivity index (χ0v) is 12.4. The lowest BCUT2D eigenvalue weighted by molar-refractivity contribution is 0.199. The molecule has 0 saturated heterocycles. The number of methoxy groups -OCH3 is 1. The molecule has 3 heteroatoms. The number of nitrogens with one attached hydrogen (secondary N) is 2. The highest BCUT2D eigenvalue weighted by molar-refractivity contribution is 4.70. The monoisotopic (exact) mass is 244 g/mol. The van der Waals surface area contributed by atoms with E-state index in [1.54, 1.807) is 7.11 Å². The zero-order valence-electron chi connectivity index (χ0n) is 12.4. The predicted octanol–water partition coefficient (Wildman–Crippen LogP) is 2.27. The maximum absolute atomic E-state index is 4.97. The standard InChI is InChI=1S/C14H32N2O/c1-13(14(2,3)4)7-10-15-8-6-9-16-11-12-17-5/h13,15-16H,6-12H2,1-5H3. The molecule has 104 valence electrons. The summed E-state index contributed by atoms with van der Waals surface area (Å²) in [4.78, 5) is 0. The number of rotatable bonds is 10. The van der Waals surface area contributed by atoms with Gasteiger partial charge in [0.15, 0.2) is 0 Å². The van der Waals surface area contributed by atoms with E-state index in [-0.39, 0.29) is 0 Å². The third-order valence-corrected chi connectivity index (χ3v) is 3.42. The smallest absolute Gasteiger partial charge is 0.0587 e. The molecule has 0 aromatic heterocycles. The first-order valence-electron chi connectivity index (χ1n) is 6.89. The quantitative estimate of drug-likeness (QED) is 0.578. The maximum Gasteiger partial charge on any atom is 0.0587 e. The third-order valence-electron chi connectivity index (χ3n) is 3.42. The molecule has 0 heterocycles. The van der Waals surface area contributed by atoms with E-state index in [9.17, 15) is 0 Å². The highest BCUT2D eigenvalue weighted by Gasteiger charge is 2.18. The summed E-state index contributed by atoms with van der Waals surface area (Å²) in [6.07, 6.45) is 2.45. The van der Waals surface area contributed by atoms with E-state index in [0.29, 0.717) is 5.41 Å². The predicted molar refractivity (Wildman–Crippen MR) is 75.5 cm³/mol. The number of hydrogen-bond donors (Lipinski definition) is 2. The van der Waals surface area contributed by atoms with E-state index >= 15 is 0 Å². The van der Waals surface area contributed by atoms with E-state index in [0.717, 1.165) is 38.7 Å². The summed E-state index contributed by atoms with van der Waals surface area (Å²) in [6, 6.07) is 0. The fourth-order valence-electron chi connectivity index (χ4n) is 1.51. The van der Waals surface area contributed by atoms with E-state index in [1.807, 2.05) is 0 Å². The van der Waals surface area contributed by atoms with Gasteiger partial charge in [0.25, 0.3) is 0 Å². The van der Waals surface area contributed by atoms with Crippen LogP contribution in [0.4, 0.5) is 0 Å². The van der Waals surface area contributed by atoms with Crippen LogP contribution >= 0.6 is 0 Å². The molecule has 0 fully saturated rings. The lowest BCUT2D eigenvalue weighted by Crippen LogP contribution is -2.27. The second kappa shape index (κ2) is 9.86. The Morgan fingerprint density at radius 2 is 1.59 bits per heavy atom. The first-order chi connectivity index (χ1) is 7.98.